The minimum Gasteiger partial charge on any atom is -0.479 e. The van der Waals surface area contributed by atoms with Crippen LogP contribution >= 0.6 is 11.6 Å². The number of hydrogen-bond acceptors (Lipinski definition) is 2. The normalized spacial score (nSPS) is 17.2. The number of para-hydroxylation sites is 1. The predicted molar refractivity (Wildman–Crippen MR) is 75.1 cm³/mol. The zero-order valence-corrected chi connectivity index (χ0v) is 11.2. The number of fused-ring (bicyclic) bond motifs is 1. The van der Waals surface area contributed by atoms with Gasteiger partial charge in [0.15, 0.2) is 5.54 Å². The maximum absolute atomic E-state index is 11.1. The largest absolute Gasteiger partial charge is 0.479 e. The third-order valence-corrected chi connectivity index (χ3v) is 4.09. The molecule has 0 unspecified atom stereocenters. The maximum Gasteiger partial charge on any atom is 0.331 e. The minimum atomic E-state index is -0.916. The number of hydrogen-bond donors (Lipinski definition) is 1. The van der Waals surface area contributed by atoms with Crippen molar-refractivity contribution in [2.45, 2.75) is 18.4 Å². The van der Waals surface area contributed by atoms with Gasteiger partial charge in [-0.1, -0.05) is 29.8 Å². The second-order valence-corrected chi connectivity index (χ2v) is 5.23. The monoisotopic (exact) mass is 276 g/mol. The summed E-state index contributed by atoms with van der Waals surface area (Å²) in [6.07, 6.45) is 2.80. The third kappa shape index (κ3) is 1.83. The van der Waals surface area contributed by atoms with Crippen molar-refractivity contribution in [3.8, 4) is 0 Å². The molecular formula is C14H13ClN2O2. The Morgan fingerprint density at radius 3 is 2.79 bits per heavy atom. The summed E-state index contributed by atoms with van der Waals surface area (Å²) in [7, 11) is 1.88. The molecule has 0 atom stereocenters. The van der Waals surface area contributed by atoms with Crippen LogP contribution in [0.1, 0.15) is 18.4 Å². The van der Waals surface area contributed by atoms with Gasteiger partial charge in [0.05, 0.1) is 0 Å². The molecule has 1 aliphatic carbocycles. The van der Waals surface area contributed by atoms with Crippen LogP contribution in [-0.2, 0) is 11.8 Å². The Labute approximate surface area is 115 Å². The summed E-state index contributed by atoms with van der Waals surface area (Å²) in [6.45, 7) is 0. The van der Waals surface area contributed by atoms with E-state index >= 15 is 0 Å². The molecule has 0 amide bonds. The standard InChI is InChI=1S/C14H13ClN2O2/c1-17-11-5-3-2-4-9(11)10(12(17)15)8-16-14(6-7-14)13(18)19/h2-5,8H,6-7H2,1H3,(H,18,19). The predicted octanol–water partition coefficient (Wildman–Crippen LogP) is 2.87. The van der Waals surface area contributed by atoms with Crippen molar-refractivity contribution in [1.82, 2.24) is 4.57 Å². The van der Waals surface area contributed by atoms with Gasteiger partial charge < -0.3 is 9.67 Å². The summed E-state index contributed by atoms with van der Waals surface area (Å²) in [6, 6.07) is 7.81. The first-order valence-corrected chi connectivity index (χ1v) is 6.44. The van der Waals surface area contributed by atoms with Crippen molar-refractivity contribution in [2.24, 2.45) is 12.0 Å². The van der Waals surface area contributed by atoms with Crippen LogP contribution in [0, 0.1) is 0 Å². The Kier molecular flexibility index (Phi) is 2.64. The van der Waals surface area contributed by atoms with E-state index < -0.39 is 11.5 Å². The van der Waals surface area contributed by atoms with E-state index in [2.05, 4.69) is 4.99 Å². The zero-order valence-electron chi connectivity index (χ0n) is 10.4. The number of carboxylic acid groups (broad SMARTS) is 1. The lowest BCUT2D eigenvalue weighted by molar-refractivity contribution is -0.139. The summed E-state index contributed by atoms with van der Waals surface area (Å²) < 4.78 is 1.87. The number of aliphatic carboxylic acids is 1. The van der Waals surface area contributed by atoms with Gasteiger partial charge in [-0.25, -0.2) is 4.79 Å². The first-order valence-electron chi connectivity index (χ1n) is 6.07. The van der Waals surface area contributed by atoms with Crippen molar-refractivity contribution in [3.05, 3.63) is 35.0 Å². The van der Waals surface area contributed by atoms with E-state index in [4.69, 9.17) is 16.7 Å². The van der Waals surface area contributed by atoms with E-state index in [9.17, 15) is 4.79 Å². The molecule has 4 nitrogen and oxygen atoms in total. The summed E-state index contributed by atoms with van der Waals surface area (Å²) in [5.41, 5.74) is 0.877. The van der Waals surface area contributed by atoms with Crippen molar-refractivity contribution in [2.75, 3.05) is 0 Å². The van der Waals surface area contributed by atoms with Gasteiger partial charge in [-0.2, -0.15) is 0 Å². The van der Waals surface area contributed by atoms with Gasteiger partial charge in [0.1, 0.15) is 5.15 Å². The van der Waals surface area contributed by atoms with Crippen LogP contribution in [0.3, 0.4) is 0 Å². The van der Waals surface area contributed by atoms with E-state index in [1.54, 1.807) is 6.21 Å². The zero-order chi connectivity index (χ0) is 13.6. The van der Waals surface area contributed by atoms with E-state index in [0.717, 1.165) is 16.5 Å². The van der Waals surface area contributed by atoms with E-state index in [1.807, 2.05) is 35.9 Å². The molecule has 1 N–H and O–H groups in total. The number of aliphatic imine (C=N–C) groups is 1. The Morgan fingerprint density at radius 1 is 1.47 bits per heavy atom. The lowest BCUT2D eigenvalue weighted by Crippen LogP contribution is -2.19. The van der Waals surface area contributed by atoms with Gasteiger partial charge in [0.25, 0.3) is 0 Å². The molecule has 2 aromatic rings. The molecular weight excluding hydrogens is 264 g/mol. The van der Waals surface area contributed by atoms with Crippen LogP contribution in [-0.4, -0.2) is 27.4 Å². The lowest BCUT2D eigenvalue weighted by Gasteiger charge is -2.01. The number of carbonyl (C=O) groups is 1. The quantitative estimate of drug-likeness (QED) is 0.877. The highest BCUT2D eigenvalue weighted by Crippen LogP contribution is 2.40. The van der Waals surface area contributed by atoms with Gasteiger partial charge in [-0.3, -0.25) is 4.99 Å². The van der Waals surface area contributed by atoms with E-state index in [0.29, 0.717) is 18.0 Å². The Balaban J connectivity index is 2.09. The van der Waals surface area contributed by atoms with E-state index in [1.165, 1.54) is 0 Å². The number of aromatic nitrogens is 1. The SMILES string of the molecule is Cn1c(Cl)c(C=NC2(C(=O)O)CC2)c2ccccc21. The molecule has 98 valence electrons. The van der Waals surface area contributed by atoms with Crippen LogP contribution in [0.25, 0.3) is 10.9 Å². The molecule has 1 aliphatic rings. The summed E-state index contributed by atoms with van der Waals surface area (Å²) in [5, 5.41) is 10.7. The molecule has 1 saturated carbocycles. The second kappa shape index (κ2) is 4.10. The van der Waals surface area contributed by atoms with Gasteiger partial charge in [-0.05, 0) is 18.9 Å². The van der Waals surface area contributed by atoms with Crippen LogP contribution < -0.4 is 0 Å². The molecule has 5 heteroatoms. The van der Waals surface area contributed by atoms with Crippen molar-refractivity contribution >= 4 is 34.7 Å². The van der Waals surface area contributed by atoms with Gasteiger partial charge in [-0.15, -0.1) is 0 Å². The lowest BCUT2D eigenvalue weighted by atomic mass is 10.2. The molecule has 19 heavy (non-hydrogen) atoms. The highest BCUT2D eigenvalue weighted by atomic mass is 35.5. The number of benzene rings is 1. The van der Waals surface area contributed by atoms with Crippen LogP contribution in [0.15, 0.2) is 29.3 Å². The number of nitrogens with zero attached hydrogens (tertiary/aromatic N) is 2. The van der Waals surface area contributed by atoms with Gasteiger partial charge >= 0.3 is 5.97 Å². The molecule has 0 bridgehead atoms. The average molecular weight is 277 g/mol. The van der Waals surface area contributed by atoms with Crippen molar-refractivity contribution < 1.29 is 9.90 Å². The van der Waals surface area contributed by atoms with Crippen molar-refractivity contribution in [3.63, 3.8) is 0 Å². The molecule has 1 aromatic heterocycles. The minimum absolute atomic E-state index is 0.575. The first-order chi connectivity index (χ1) is 9.05. The van der Waals surface area contributed by atoms with Gasteiger partial charge in [0.2, 0.25) is 0 Å². The Bertz CT molecular complexity index is 699. The van der Waals surface area contributed by atoms with Crippen LogP contribution in [0.2, 0.25) is 5.15 Å². The van der Waals surface area contributed by atoms with Crippen molar-refractivity contribution in [1.29, 1.82) is 0 Å². The summed E-state index contributed by atoms with van der Waals surface area (Å²) >= 11 is 6.29. The molecule has 1 aromatic carbocycles. The topological polar surface area (TPSA) is 54.6 Å². The molecule has 0 radical (unpaired) electrons. The summed E-state index contributed by atoms with van der Waals surface area (Å²) in [5.74, 6) is -0.861. The molecule has 3 rings (SSSR count). The third-order valence-electron chi connectivity index (χ3n) is 3.63. The summed E-state index contributed by atoms with van der Waals surface area (Å²) in [4.78, 5) is 15.3. The molecule has 0 spiro atoms. The molecule has 0 saturated heterocycles. The number of rotatable bonds is 3. The second-order valence-electron chi connectivity index (χ2n) is 4.88. The number of aryl methyl sites for hydroxylation is 1. The molecule has 0 aliphatic heterocycles. The highest BCUT2D eigenvalue weighted by Gasteiger charge is 2.50. The average Bonchev–Trinajstić information content (AvgIpc) is 3.15. The maximum atomic E-state index is 11.1. The number of carboxylic acids is 1. The first kappa shape index (κ1) is 12.2. The van der Waals surface area contributed by atoms with Crippen LogP contribution in [0.4, 0.5) is 0 Å². The fraction of sp³-hybridized carbons (Fsp3) is 0.286. The fourth-order valence-corrected chi connectivity index (χ4v) is 2.46. The fourth-order valence-electron chi connectivity index (χ4n) is 2.22. The Morgan fingerprint density at radius 2 is 2.16 bits per heavy atom. The number of halogens is 1. The molecule has 1 fully saturated rings. The Hall–Kier alpha value is -1.81. The van der Waals surface area contributed by atoms with E-state index in [-0.39, 0.29) is 0 Å². The smallest absolute Gasteiger partial charge is 0.331 e. The van der Waals surface area contributed by atoms with Gasteiger partial charge in [0, 0.05) is 29.7 Å². The van der Waals surface area contributed by atoms with Crippen LogP contribution in [0.5, 0.6) is 0 Å². The molecule has 1 heterocycles. The highest BCUT2D eigenvalue weighted by molar-refractivity contribution is 6.34.